The van der Waals surface area contributed by atoms with Crippen LogP contribution in [0.5, 0.6) is 0 Å². The lowest BCUT2D eigenvalue weighted by Crippen LogP contribution is -2.30. The third-order valence-electron chi connectivity index (χ3n) is 9.11. The quantitative estimate of drug-likeness (QED) is 0.0373. The van der Waals surface area contributed by atoms with E-state index < -0.39 is 6.10 Å². The van der Waals surface area contributed by atoms with Gasteiger partial charge in [-0.3, -0.25) is 14.4 Å². The average Bonchev–Trinajstić information content (AvgIpc) is 3.06. The molecule has 0 aromatic heterocycles. The molecule has 1 atom stereocenters. The van der Waals surface area contributed by atoms with Crippen molar-refractivity contribution in [3.05, 3.63) is 0 Å². The molecule has 0 spiro atoms. The number of rotatable bonds is 37. The van der Waals surface area contributed by atoms with Crippen molar-refractivity contribution in [2.45, 2.75) is 232 Å². The van der Waals surface area contributed by atoms with E-state index in [1.807, 2.05) is 0 Å². The first-order chi connectivity index (χ1) is 23.0. The van der Waals surface area contributed by atoms with Crippen LogP contribution < -0.4 is 0 Å². The van der Waals surface area contributed by atoms with E-state index in [-0.39, 0.29) is 31.1 Å². The van der Waals surface area contributed by atoms with Crippen LogP contribution in [0.2, 0.25) is 0 Å². The van der Waals surface area contributed by atoms with Crippen LogP contribution in [-0.4, -0.2) is 37.2 Å². The lowest BCUT2D eigenvalue weighted by molar-refractivity contribution is -0.167. The number of esters is 3. The summed E-state index contributed by atoms with van der Waals surface area (Å²) in [7, 11) is 0. The number of carbonyl (C=O) groups excluding carboxylic acids is 3. The smallest absolute Gasteiger partial charge is 0.306 e. The van der Waals surface area contributed by atoms with Gasteiger partial charge in [0.05, 0.1) is 0 Å². The van der Waals surface area contributed by atoms with Crippen LogP contribution in [0.15, 0.2) is 0 Å². The van der Waals surface area contributed by atoms with E-state index in [2.05, 4.69) is 20.8 Å². The lowest BCUT2D eigenvalue weighted by Gasteiger charge is -2.18. The topological polar surface area (TPSA) is 78.9 Å². The molecule has 0 aromatic rings. The van der Waals surface area contributed by atoms with Crippen LogP contribution in [-0.2, 0) is 28.6 Å². The molecule has 0 saturated heterocycles. The maximum atomic E-state index is 12.6. The first kappa shape index (κ1) is 45.4. The predicted molar refractivity (Wildman–Crippen MR) is 197 cm³/mol. The van der Waals surface area contributed by atoms with Gasteiger partial charge in [-0.1, -0.05) is 188 Å². The summed E-state index contributed by atoms with van der Waals surface area (Å²) < 4.78 is 16.5. The summed E-state index contributed by atoms with van der Waals surface area (Å²) in [6.07, 6.45) is 35.4. The zero-order valence-corrected chi connectivity index (χ0v) is 31.6. The van der Waals surface area contributed by atoms with Crippen molar-refractivity contribution in [3.8, 4) is 0 Å². The van der Waals surface area contributed by atoms with Crippen molar-refractivity contribution < 1.29 is 28.6 Å². The summed E-state index contributed by atoms with van der Waals surface area (Å²) in [5.74, 6) is -0.874. The third kappa shape index (κ3) is 35.5. The monoisotopic (exact) mass is 667 g/mol. The van der Waals surface area contributed by atoms with Gasteiger partial charge in [-0.2, -0.15) is 0 Å². The number of hydrogen-bond acceptors (Lipinski definition) is 6. The Kier molecular flexibility index (Phi) is 36.0. The molecule has 6 heteroatoms. The minimum Gasteiger partial charge on any atom is -0.462 e. The summed E-state index contributed by atoms with van der Waals surface area (Å²) in [4.78, 5) is 37.2. The van der Waals surface area contributed by atoms with Crippen LogP contribution in [0.3, 0.4) is 0 Å². The molecule has 0 fully saturated rings. The first-order valence-corrected chi connectivity index (χ1v) is 20.5. The molecule has 0 heterocycles. The summed E-state index contributed by atoms with van der Waals surface area (Å²) in [5, 5.41) is 0. The molecule has 1 unspecified atom stereocenters. The van der Waals surface area contributed by atoms with Crippen LogP contribution in [0.4, 0.5) is 0 Å². The van der Waals surface area contributed by atoms with Gasteiger partial charge in [0.25, 0.3) is 0 Å². The summed E-state index contributed by atoms with van der Waals surface area (Å²) >= 11 is 0. The molecule has 6 nitrogen and oxygen atoms in total. The standard InChI is InChI=1S/C41H78O6/c1-4-7-10-13-15-17-19-20-21-22-24-25-28-31-34-40(43)46-37-38(36-45-39(42)33-30-27-12-9-6-3)47-41(44)35-32-29-26-23-18-16-14-11-8-5-2/h38H,4-37H2,1-3H3. The molecule has 0 amide bonds. The molecule has 0 bridgehead atoms. The Bertz CT molecular complexity index is 693. The average molecular weight is 667 g/mol. The van der Waals surface area contributed by atoms with Crippen molar-refractivity contribution >= 4 is 17.9 Å². The van der Waals surface area contributed by atoms with Gasteiger partial charge in [-0.15, -0.1) is 0 Å². The van der Waals surface area contributed by atoms with E-state index in [1.54, 1.807) is 0 Å². The van der Waals surface area contributed by atoms with Crippen molar-refractivity contribution in [1.29, 1.82) is 0 Å². The van der Waals surface area contributed by atoms with Gasteiger partial charge >= 0.3 is 17.9 Å². The maximum Gasteiger partial charge on any atom is 0.306 e. The van der Waals surface area contributed by atoms with Crippen LogP contribution >= 0.6 is 0 Å². The molecule has 0 radical (unpaired) electrons. The molecule has 0 N–H and O–H groups in total. The Morgan fingerprint density at radius 2 is 0.574 bits per heavy atom. The summed E-state index contributed by atoms with van der Waals surface area (Å²) in [5.41, 5.74) is 0. The highest BCUT2D eigenvalue weighted by atomic mass is 16.6. The molecular formula is C41H78O6. The normalized spacial score (nSPS) is 11.8. The van der Waals surface area contributed by atoms with Crippen LogP contribution in [0.25, 0.3) is 0 Å². The number of carbonyl (C=O) groups is 3. The molecule has 0 rings (SSSR count). The van der Waals surface area contributed by atoms with Crippen molar-refractivity contribution in [3.63, 3.8) is 0 Å². The summed E-state index contributed by atoms with van der Waals surface area (Å²) in [6, 6.07) is 0. The van der Waals surface area contributed by atoms with Crippen LogP contribution in [0, 0.1) is 0 Å². The van der Waals surface area contributed by atoms with Crippen molar-refractivity contribution in [2.24, 2.45) is 0 Å². The third-order valence-corrected chi connectivity index (χ3v) is 9.11. The zero-order chi connectivity index (χ0) is 34.5. The zero-order valence-electron chi connectivity index (χ0n) is 31.6. The molecule has 0 aliphatic heterocycles. The fourth-order valence-corrected chi connectivity index (χ4v) is 5.97. The minimum atomic E-state index is -0.755. The fraction of sp³-hybridized carbons (Fsp3) is 0.927. The van der Waals surface area contributed by atoms with E-state index in [9.17, 15) is 14.4 Å². The number of hydrogen-bond donors (Lipinski definition) is 0. The van der Waals surface area contributed by atoms with E-state index in [4.69, 9.17) is 14.2 Å². The molecule has 0 aliphatic rings. The molecule has 47 heavy (non-hydrogen) atoms. The summed E-state index contributed by atoms with van der Waals surface area (Å²) in [6.45, 7) is 6.54. The van der Waals surface area contributed by atoms with Gasteiger partial charge in [0.2, 0.25) is 0 Å². The highest BCUT2D eigenvalue weighted by Crippen LogP contribution is 2.15. The van der Waals surface area contributed by atoms with E-state index in [0.29, 0.717) is 19.3 Å². The fourth-order valence-electron chi connectivity index (χ4n) is 5.97. The Labute approximate surface area is 291 Å². The Balaban J connectivity index is 4.21. The Hall–Kier alpha value is -1.59. The Morgan fingerprint density at radius 1 is 0.340 bits per heavy atom. The van der Waals surface area contributed by atoms with E-state index in [1.165, 1.54) is 122 Å². The molecule has 0 aliphatic carbocycles. The Morgan fingerprint density at radius 3 is 0.851 bits per heavy atom. The van der Waals surface area contributed by atoms with Gasteiger partial charge in [0.1, 0.15) is 13.2 Å². The largest absolute Gasteiger partial charge is 0.462 e. The SMILES string of the molecule is CCCCCCCCCCCCCCCCC(=O)OCC(COC(=O)CCCCCCC)OC(=O)CCCCCCCCCCCC. The van der Waals surface area contributed by atoms with Crippen LogP contribution in [0.1, 0.15) is 226 Å². The predicted octanol–water partition coefficient (Wildman–Crippen LogP) is 12.5. The number of unbranched alkanes of at least 4 members (excludes halogenated alkanes) is 26. The van der Waals surface area contributed by atoms with Gasteiger partial charge in [-0.25, -0.2) is 0 Å². The van der Waals surface area contributed by atoms with Gasteiger partial charge in [-0.05, 0) is 19.3 Å². The van der Waals surface area contributed by atoms with E-state index >= 15 is 0 Å². The maximum absolute atomic E-state index is 12.6. The number of ether oxygens (including phenoxy) is 3. The highest BCUT2D eigenvalue weighted by Gasteiger charge is 2.19. The van der Waals surface area contributed by atoms with Gasteiger partial charge in [0.15, 0.2) is 6.10 Å². The van der Waals surface area contributed by atoms with Gasteiger partial charge in [0, 0.05) is 19.3 Å². The second-order valence-electron chi connectivity index (χ2n) is 13.9. The molecule has 0 saturated carbocycles. The molecule has 0 aromatic carbocycles. The highest BCUT2D eigenvalue weighted by molar-refractivity contribution is 5.71. The first-order valence-electron chi connectivity index (χ1n) is 20.5. The van der Waals surface area contributed by atoms with Crippen molar-refractivity contribution in [1.82, 2.24) is 0 Å². The van der Waals surface area contributed by atoms with Crippen molar-refractivity contribution in [2.75, 3.05) is 13.2 Å². The second-order valence-corrected chi connectivity index (χ2v) is 13.9. The second kappa shape index (κ2) is 37.2. The molecular weight excluding hydrogens is 588 g/mol. The molecule has 278 valence electrons. The van der Waals surface area contributed by atoms with Gasteiger partial charge < -0.3 is 14.2 Å². The minimum absolute atomic E-state index is 0.0645. The lowest BCUT2D eigenvalue weighted by atomic mass is 10.0. The van der Waals surface area contributed by atoms with E-state index in [0.717, 1.165) is 64.2 Å².